The Hall–Kier alpha value is -4.44. The van der Waals surface area contributed by atoms with Crippen LogP contribution in [0.15, 0.2) is 82.5 Å². The predicted molar refractivity (Wildman–Crippen MR) is 135 cm³/mol. The molecule has 0 saturated carbocycles. The number of benzene rings is 3. The number of aliphatic hydroxyl groups excluding tert-OH is 1. The van der Waals surface area contributed by atoms with Gasteiger partial charge in [-0.3, -0.25) is 9.59 Å². The number of phenols is 1. The molecule has 0 radical (unpaired) electrons. The summed E-state index contributed by atoms with van der Waals surface area (Å²) in [7, 11) is 1.39. The summed E-state index contributed by atoms with van der Waals surface area (Å²) in [4.78, 5) is 28.0. The molecule has 1 atom stereocenters. The van der Waals surface area contributed by atoms with Gasteiger partial charge in [-0.15, -0.1) is 0 Å². The smallest absolute Gasteiger partial charge is 0.416 e. The van der Waals surface area contributed by atoms with Crippen LogP contribution in [0, 0.1) is 0 Å². The molecule has 1 aromatic heterocycles. The van der Waals surface area contributed by atoms with Gasteiger partial charge in [-0.05, 0) is 47.5 Å². The molecule has 2 heterocycles. The Kier molecular flexibility index (Phi) is 6.51. The Bertz CT molecular complexity index is 1640. The number of halogens is 4. The molecular weight excluding hydrogens is 539 g/mol. The van der Waals surface area contributed by atoms with Crippen molar-refractivity contribution in [3.05, 3.63) is 106 Å². The van der Waals surface area contributed by atoms with Gasteiger partial charge in [-0.2, -0.15) is 13.2 Å². The number of hydrogen-bond acceptors (Lipinski definition) is 6. The molecule has 4 aromatic rings. The van der Waals surface area contributed by atoms with Crippen LogP contribution in [0.25, 0.3) is 11.0 Å². The summed E-state index contributed by atoms with van der Waals surface area (Å²) in [6, 6.07) is 13.2. The number of Topliss-reactive ketones (excluding diaryl/α,β-unsaturated/α-hetero) is 1. The van der Waals surface area contributed by atoms with Crippen molar-refractivity contribution >= 4 is 34.3 Å². The number of ether oxygens (including phenoxy) is 1. The number of aliphatic hydroxyl groups is 1. The van der Waals surface area contributed by atoms with Gasteiger partial charge in [0.2, 0.25) is 5.78 Å². The van der Waals surface area contributed by atoms with Crippen LogP contribution in [-0.4, -0.2) is 33.9 Å². The first kappa shape index (κ1) is 26.2. The summed E-state index contributed by atoms with van der Waals surface area (Å²) in [6.45, 7) is -0.349. The van der Waals surface area contributed by atoms with Crippen molar-refractivity contribution in [2.24, 2.45) is 0 Å². The fourth-order valence-electron chi connectivity index (χ4n) is 4.58. The largest absolute Gasteiger partial charge is 0.508 e. The van der Waals surface area contributed by atoms with Crippen LogP contribution in [0.1, 0.15) is 33.3 Å². The summed E-state index contributed by atoms with van der Waals surface area (Å²) in [5.41, 5.74) is -0.557. The quantitative estimate of drug-likeness (QED) is 0.259. The van der Waals surface area contributed by atoms with E-state index < -0.39 is 35.2 Å². The van der Waals surface area contributed by atoms with Gasteiger partial charge in [0.15, 0.2) is 22.9 Å². The van der Waals surface area contributed by atoms with Crippen molar-refractivity contribution in [2.75, 3.05) is 7.11 Å². The minimum absolute atomic E-state index is 0.0881. The summed E-state index contributed by atoms with van der Waals surface area (Å²) in [5.74, 6) is -2.68. The van der Waals surface area contributed by atoms with Crippen LogP contribution >= 0.6 is 11.6 Å². The number of fused-ring (bicyclic) bond motifs is 1. The lowest BCUT2D eigenvalue weighted by Gasteiger charge is -2.27. The van der Waals surface area contributed by atoms with E-state index in [4.69, 9.17) is 20.8 Å². The van der Waals surface area contributed by atoms with Crippen molar-refractivity contribution < 1.29 is 42.1 Å². The Morgan fingerprint density at radius 3 is 2.46 bits per heavy atom. The molecule has 5 rings (SSSR count). The standard InChI is InChI=1S/C28H19ClF3NO6/c1-38-21-12-18(29)10-16-11-20(39-26(16)21)24(35)22-23(15-5-7-19(34)8-6-15)33(27(37)25(22)36)13-14-3-2-4-17(9-14)28(30,31)32/h2-12,23,34,36H,13H2,1H3. The van der Waals surface area contributed by atoms with Crippen molar-refractivity contribution in [3.63, 3.8) is 0 Å². The highest BCUT2D eigenvalue weighted by atomic mass is 35.5. The van der Waals surface area contributed by atoms with Crippen molar-refractivity contribution in [1.29, 1.82) is 0 Å². The number of alkyl halides is 3. The van der Waals surface area contributed by atoms with Gasteiger partial charge >= 0.3 is 6.18 Å². The number of rotatable bonds is 6. The number of hydrogen-bond donors (Lipinski definition) is 2. The number of carbonyl (C=O) groups is 2. The first-order valence-corrected chi connectivity index (χ1v) is 11.9. The molecule has 0 saturated heterocycles. The van der Waals surface area contributed by atoms with Crippen molar-refractivity contribution in [3.8, 4) is 11.5 Å². The van der Waals surface area contributed by atoms with Crippen LogP contribution in [-0.2, 0) is 17.5 Å². The predicted octanol–water partition coefficient (Wildman–Crippen LogP) is 6.60. The Balaban J connectivity index is 1.59. The second-order valence-electron chi connectivity index (χ2n) is 8.85. The van der Waals surface area contributed by atoms with E-state index >= 15 is 0 Å². The minimum Gasteiger partial charge on any atom is -0.508 e. The van der Waals surface area contributed by atoms with Crippen molar-refractivity contribution in [1.82, 2.24) is 4.90 Å². The van der Waals surface area contributed by atoms with Crippen LogP contribution < -0.4 is 4.74 Å². The van der Waals surface area contributed by atoms with Gasteiger partial charge in [0, 0.05) is 23.0 Å². The number of aromatic hydroxyl groups is 1. The zero-order valence-corrected chi connectivity index (χ0v) is 20.9. The van der Waals surface area contributed by atoms with Crippen molar-refractivity contribution in [2.45, 2.75) is 18.8 Å². The third-order valence-corrected chi connectivity index (χ3v) is 6.57. The van der Waals surface area contributed by atoms with E-state index in [1.165, 1.54) is 55.6 Å². The fourth-order valence-corrected chi connectivity index (χ4v) is 4.79. The zero-order chi connectivity index (χ0) is 28.1. The molecule has 0 bridgehead atoms. The van der Waals surface area contributed by atoms with Gasteiger partial charge < -0.3 is 24.3 Å². The highest BCUT2D eigenvalue weighted by molar-refractivity contribution is 6.31. The lowest BCUT2D eigenvalue weighted by atomic mass is 9.94. The third-order valence-electron chi connectivity index (χ3n) is 6.36. The second kappa shape index (κ2) is 9.70. The summed E-state index contributed by atoms with van der Waals surface area (Å²) >= 11 is 6.11. The molecule has 3 aromatic carbocycles. The topological polar surface area (TPSA) is 100 Å². The van der Waals surface area contributed by atoms with E-state index in [0.29, 0.717) is 16.0 Å². The maximum absolute atomic E-state index is 13.7. The number of ketones is 1. The SMILES string of the molecule is COc1cc(Cl)cc2cc(C(=O)C3=C(O)C(=O)N(Cc4cccc(C(F)(F)F)c4)C3c3ccc(O)cc3)oc12. The zero-order valence-electron chi connectivity index (χ0n) is 20.1. The Labute approximate surface area is 224 Å². The van der Waals surface area contributed by atoms with Crippen LogP contribution in [0.3, 0.4) is 0 Å². The van der Waals surface area contributed by atoms with E-state index in [-0.39, 0.29) is 40.5 Å². The molecule has 2 N–H and O–H groups in total. The molecule has 11 heteroatoms. The van der Waals surface area contributed by atoms with Gasteiger partial charge in [0.1, 0.15) is 5.75 Å². The molecule has 1 aliphatic rings. The number of phenolic OH excluding ortho intramolecular Hbond substituents is 1. The lowest BCUT2D eigenvalue weighted by Crippen LogP contribution is -2.30. The molecule has 7 nitrogen and oxygen atoms in total. The Morgan fingerprint density at radius 1 is 1.08 bits per heavy atom. The molecule has 1 amide bonds. The van der Waals surface area contributed by atoms with E-state index in [9.17, 15) is 33.0 Å². The molecular formula is C28H19ClF3NO6. The fraction of sp³-hybridized carbons (Fsp3) is 0.143. The van der Waals surface area contributed by atoms with Gasteiger partial charge in [0.25, 0.3) is 5.91 Å². The highest BCUT2D eigenvalue weighted by Gasteiger charge is 2.45. The molecule has 39 heavy (non-hydrogen) atoms. The van der Waals surface area contributed by atoms with Crippen LogP contribution in [0.5, 0.6) is 11.5 Å². The van der Waals surface area contributed by atoms with Crippen LogP contribution in [0.2, 0.25) is 5.02 Å². The summed E-state index contributed by atoms with van der Waals surface area (Å²) in [6.07, 6.45) is -4.60. The van der Waals surface area contributed by atoms with E-state index in [2.05, 4.69) is 0 Å². The van der Waals surface area contributed by atoms with E-state index in [1.54, 1.807) is 6.07 Å². The molecule has 0 aliphatic carbocycles. The number of amides is 1. The minimum atomic E-state index is -4.60. The van der Waals surface area contributed by atoms with Gasteiger partial charge in [-0.1, -0.05) is 35.9 Å². The number of methoxy groups -OCH3 is 1. The first-order valence-electron chi connectivity index (χ1n) is 11.5. The average molecular weight is 558 g/mol. The molecule has 1 aliphatic heterocycles. The molecule has 0 fully saturated rings. The lowest BCUT2D eigenvalue weighted by molar-refractivity contribution is -0.137. The highest BCUT2D eigenvalue weighted by Crippen LogP contribution is 2.42. The average Bonchev–Trinajstić information content (AvgIpc) is 3.43. The van der Waals surface area contributed by atoms with Gasteiger partial charge in [-0.25, -0.2) is 0 Å². The number of nitrogens with zero attached hydrogens (tertiary/aromatic N) is 1. The molecule has 200 valence electrons. The van der Waals surface area contributed by atoms with E-state index in [1.807, 2.05) is 0 Å². The third kappa shape index (κ3) is 4.79. The molecule has 1 unspecified atom stereocenters. The second-order valence-corrected chi connectivity index (χ2v) is 9.29. The maximum Gasteiger partial charge on any atom is 0.416 e. The molecule has 0 spiro atoms. The van der Waals surface area contributed by atoms with Crippen LogP contribution in [0.4, 0.5) is 13.2 Å². The summed E-state index contributed by atoms with van der Waals surface area (Å²) < 4.78 is 50.9. The number of carbonyl (C=O) groups excluding carboxylic acids is 2. The van der Waals surface area contributed by atoms with E-state index in [0.717, 1.165) is 17.0 Å². The Morgan fingerprint density at radius 2 is 1.79 bits per heavy atom. The first-order chi connectivity index (χ1) is 18.5. The monoisotopic (exact) mass is 557 g/mol. The normalized spacial score (nSPS) is 15.9. The van der Waals surface area contributed by atoms with Gasteiger partial charge in [0.05, 0.1) is 24.3 Å². The number of furan rings is 1. The maximum atomic E-state index is 13.7. The summed E-state index contributed by atoms with van der Waals surface area (Å²) in [5, 5.41) is 21.4.